The molecule has 0 radical (unpaired) electrons. The molecular formula is C10H16N4O3. The van der Waals surface area contributed by atoms with Crippen LogP contribution in [0.25, 0.3) is 0 Å². The van der Waals surface area contributed by atoms with E-state index in [0.29, 0.717) is 31.4 Å². The lowest BCUT2D eigenvalue weighted by molar-refractivity contribution is -0.124. The molecule has 0 aromatic carbocycles. The Kier molecular flexibility index (Phi) is 3.70. The molecule has 2 atom stereocenters. The fourth-order valence-electron chi connectivity index (χ4n) is 2.00. The maximum absolute atomic E-state index is 11.7. The fourth-order valence-corrected chi connectivity index (χ4v) is 2.00. The first kappa shape index (κ1) is 12.0. The largest absolute Gasteiger partial charge is 0.377 e. The summed E-state index contributed by atoms with van der Waals surface area (Å²) in [4.78, 5) is 15.9. The number of ether oxygens (including phenoxy) is 1. The number of carbonyl (C=O) groups excluding carboxylic acids is 1. The van der Waals surface area contributed by atoms with E-state index in [1.54, 1.807) is 14.2 Å². The average Bonchev–Trinajstić information content (AvgIpc) is 2.95. The molecular weight excluding hydrogens is 224 g/mol. The van der Waals surface area contributed by atoms with E-state index in [2.05, 4.69) is 20.8 Å². The van der Waals surface area contributed by atoms with E-state index in [1.165, 1.54) is 0 Å². The Hall–Kier alpha value is -1.47. The molecule has 2 unspecified atom stereocenters. The summed E-state index contributed by atoms with van der Waals surface area (Å²) in [6.45, 7) is 1.62. The standard InChI is InChI=1S/C10H16N4O3/c1-11-9(15)6-3-12-4-7(6)10-13-8(5-16-2)14-17-10/h6-7,12H,3-5H2,1-2H3,(H,11,15). The number of hydrogen-bond acceptors (Lipinski definition) is 6. The number of hydrogen-bond donors (Lipinski definition) is 2. The lowest BCUT2D eigenvalue weighted by Crippen LogP contribution is -2.31. The van der Waals surface area contributed by atoms with Crippen molar-refractivity contribution in [2.24, 2.45) is 5.92 Å². The summed E-state index contributed by atoms with van der Waals surface area (Å²) in [7, 11) is 3.20. The molecule has 0 spiro atoms. The summed E-state index contributed by atoms with van der Waals surface area (Å²) in [5.41, 5.74) is 0. The van der Waals surface area contributed by atoms with Crippen LogP contribution >= 0.6 is 0 Å². The number of carbonyl (C=O) groups is 1. The molecule has 1 amide bonds. The minimum absolute atomic E-state index is 0.00788. The Morgan fingerprint density at radius 2 is 2.47 bits per heavy atom. The van der Waals surface area contributed by atoms with Crippen LogP contribution in [0.15, 0.2) is 4.52 Å². The van der Waals surface area contributed by atoms with Gasteiger partial charge in [-0.3, -0.25) is 4.79 Å². The molecule has 1 aromatic heterocycles. The second-order valence-electron chi connectivity index (χ2n) is 3.97. The summed E-state index contributed by atoms with van der Waals surface area (Å²) in [5.74, 6) is 0.774. The van der Waals surface area contributed by atoms with Crippen molar-refractivity contribution in [3.8, 4) is 0 Å². The molecule has 94 valence electrons. The van der Waals surface area contributed by atoms with Gasteiger partial charge in [0.25, 0.3) is 0 Å². The van der Waals surface area contributed by atoms with Crippen molar-refractivity contribution in [3.05, 3.63) is 11.7 Å². The maximum atomic E-state index is 11.7. The predicted molar refractivity (Wildman–Crippen MR) is 58.2 cm³/mol. The Morgan fingerprint density at radius 3 is 3.18 bits per heavy atom. The van der Waals surface area contributed by atoms with Crippen LogP contribution in [0.2, 0.25) is 0 Å². The molecule has 0 bridgehead atoms. The van der Waals surface area contributed by atoms with E-state index in [0.717, 1.165) is 0 Å². The molecule has 1 fully saturated rings. The third-order valence-corrected chi connectivity index (χ3v) is 2.87. The van der Waals surface area contributed by atoms with E-state index < -0.39 is 0 Å². The summed E-state index contributed by atoms with van der Waals surface area (Å²) >= 11 is 0. The Bertz CT molecular complexity index is 393. The van der Waals surface area contributed by atoms with Gasteiger partial charge >= 0.3 is 0 Å². The highest BCUT2D eigenvalue weighted by Crippen LogP contribution is 2.26. The normalized spacial score (nSPS) is 23.9. The predicted octanol–water partition coefficient (Wildman–Crippen LogP) is -0.735. The summed E-state index contributed by atoms with van der Waals surface area (Å²) in [6.07, 6.45) is 0. The molecule has 0 saturated carbocycles. The first-order valence-electron chi connectivity index (χ1n) is 5.50. The molecule has 2 N–H and O–H groups in total. The van der Waals surface area contributed by atoms with Crippen LogP contribution in [0.1, 0.15) is 17.6 Å². The first-order chi connectivity index (χ1) is 8.26. The monoisotopic (exact) mass is 240 g/mol. The van der Waals surface area contributed by atoms with Crippen LogP contribution in [0.5, 0.6) is 0 Å². The molecule has 1 aromatic rings. The smallest absolute Gasteiger partial charge is 0.231 e. The number of rotatable bonds is 4. The van der Waals surface area contributed by atoms with Crippen LogP contribution in [0, 0.1) is 5.92 Å². The Morgan fingerprint density at radius 1 is 1.65 bits per heavy atom. The van der Waals surface area contributed by atoms with Crippen LogP contribution in [0.4, 0.5) is 0 Å². The zero-order valence-corrected chi connectivity index (χ0v) is 9.90. The summed E-state index contributed by atoms with van der Waals surface area (Å²) in [5, 5.41) is 9.60. The van der Waals surface area contributed by atoms with Gasteiger partial charge in [0.2, 0.25) is 11.8 Å². The highest BCUT2D eigenvalue weighted by Gasteiger charge is 2.37. The van der Waals surface area contributed by atoms with Crippen molar-refractivity contribution in [2.45, 2.75) is 12.5 Å². The fraction of sp³-hybridized carbons (Fsp3) is 0.700. The van der Waals surface area contributed by atoms with Gasteiger partial charge in [-0.2, -0.15) is 4.98 Å². The summed E-state index contributed by atoms with van der Waals surface area (Å²) < 4.78 is 10.1. The van der Waals surface area contributed by atoms with Crippen molar-refractivity contribution in [1.82, 2.24) is 20.8 Å². The van der Waals surface area contributed by atoms with E-state index in [9.17, 15) is 4.79 Å². The minimum Gasteiger partial charge on any atom is -0.377 e. The molecule has 2 heterocycles. The van der Waals surface area contributed by atoms with Crippen molar-refractivity contribution in [3.63, 3.8) is 0 Å². The topological polar surface area (TPSA) is 89.3 Å². The Labute approximate surface area is 98.9 Å². The average molecular weight is 240 g/mol. The summed E-state index contributed by atoms with van der Waals surface area (Å²) in [6, 6.07) is 0. The van der Waals surface area contributed by atoms with E-state index >= 15 is 0 Å². The van der Waals surface area contributed by atoms with Gasteiger partial charge < -0.3 is 19.9 Å². The van der Waals surface area contributed by atoms with E-state index in [-0.39, 0.29) is 17.7 Å². The Balaban J connectivity index is 2.11. The second-order valence-corrected chi connectivity index (χ2v) is 3.97. The highest BCUT2D eigenvalue weighted by atomic mass is 16.5. The minimum atomic E-state index is -0.157. The van der Waals surface area contributed by atoms with Crippen molar-refractivity contribution in [2.75, 3.05) is 27.2 Å². The number of methoxy groups -OCH3 is 1. The van der Waals surface area contributed by atoms with Crippen LogP contribution in [-0.4, -0.2) is 43.3 Å². The number of nitrogens with zero attached hydrogens (tertiary/aromatic N) is 2. The van der Waals surface area contributed by atoms with Crippen LogP contribution < -0.4 is 10.6 Å². The van der Waals surface area contributed by atoms with Gasteiger partial charge in [0.1, 0.15) is 6.61 Å². The van der Waals surface area contributed by atoms with Crippen LogP contribution in [0.3, 0.4) is 0 Å². The molecule has 2 rings (SSSR count). The number of amides is 1. The van der Waals surface area contributed by atoms with Gasteiger partial charge in [-0.05, 0) is 0 Å². The van der Waals surface area contributed by atoms with Crippen molar-refractivity contribution in [1.29, 1.82) is 0 Å². The van der Waals surface area contributed by atoms with Crippen LogP contribution in [-0.2, 0) is 16.1 Å². The van der Waals surface area contributed by atoms with Gasteiger partial charge in [-0.1, -0.05) is 5.16 Å². The second kappa shape index (κ2) is 5.24. The lowest BCUT2D eigenvalue weighted by atomic mass is 9.95. The molecule has 17 heavy (non-hydrogen) atoms. The SMILES string of the molecule is CNC(=O)C1CNCC1c1nc(COC)no1. The third kappa shape index (κ3) is 2.45. The van der Waals surface area contributed by atoms with E-state index in [4.69, 9.17) is 9.26 Å². The van der Waals surface area contributed by atoms with Crippen molar-refractivity contribution >= 4 is 5.91 Å². The van der Waals surface area contributed by atoms with Gasteiger partial charge in [-0.25, -0.2) is 0 Å². The molecule has 1 aliphatic rings. The molecule has 1 saturated heterocycles. The van der Waals surface area contributed by atoms with Gasteiger partial charge in [-0.15, -0.1) is 0 Å². The maximum Gasteiger partial charge on any atom is 0.231 e. The van der Waals surface area contributed by atoms with Gasteiger partial charge in [0.05, 0.1) is 11.8 Å². The lowest BCUT2D eigenvalue weighted by Gasteiger charge is -2.12. The van der Waals surface area contributed by atoms with Gasteiger partial charge in [0.15, 0.2) is 5.82 Å². The molecule has 7 nitrogen and oxygen atoms in total. The van der Waals surface area contributed by atoms with E-state index in [1.807, 2.05) is 0 Å². The first-order valence-corrected chi connectivity index (χ1v) is 5.50. The van der Waals surface area contributed by atoms with Crippen molar-refractivity contribution < 1.29 is 14.1 Å². The molecule has 0 aliphatic carbocycles. The van der Waals surface area contributed by atoms with Gasteiger partial charge in [0, 0.05) is 27.2 Å². The third-order valence-electron chi connectivity index (χ3n) is 2.87. The highest BCUT2D eigenvalue weighted by molar-refractivity contribution is 5.79. The zero-order valence-electron chi connectivity index (χ0n) is 9.90. The molecule has 7 heteroatoms. The quantitative estimate of drug-likeness (QED) is 0.721. The molecule has 1 aliphatic heterocycles. The number of aromatic nitrogens is 2. The zero-order chi connectivity index (χ0) is 12.3. The number of nitrogens with one attached hydrogen (secondary N) is 2.